The highest BCUT2D eigenvalue weighted by Gasteiger charge is 2.48. The zero-order valence-corrected chi connectivity index (χ0v) is 45.2. The fourth-order valence-electron chi connectivity index (χ4n) is 8.87. The Morgan fingerprint density at radius 1 is 0.600 bits per heavy atom. The first-order valence-corrected chi connectivity index (χ1v) is 27.8. The van der Waals surface area contributed by atoms with Gasteiger partial charge in [0.2, 0.25) is 0 Å². The summed E-state index contributed by atoms with van der Waals surface area (Å²) in [6, 6.07) is 1.25. The Bertz CT molecular complexity index is 1680. The second-order valence-electron chi connectivity index (χ2n) is 19.5. The summed E-state index contributed by atoms with van der Waals surface area (Å²) < 4.78 is 33.1. The number of aromatic nitrogens is 2. The predicted molar refractivity (Wildman–Crippen MR) is 286 cm³/mol. The van der Waals surface area contributed by atoms with Gasteiger partial charge in [-0.25, -0.2) is 14.2 Å². The van der Waals surface area contributed by atoms with E-state index in [9.17, 15) is 19.2 Å². The number of esters is 2. The lowest BCUT2D eigenvalue weighted by Crippen LogP contribution is -2.45. The SMILES string of the molecule is CCCCC/C=C\CCCC(CCC/C=C\CCCCC)OC(=O)CO[C@H]1[C@@H](OC)[C@H](n2ccc(=O)n(CC(=O)OC(CCC/C=C\CCCCC)CCC/C=C\CCCCC)c2=O)O[C@@H]1CN(C)C. The van der Waals surface area contributed by atoms with Crippen molar-refractivity contribution in [1.82, 2.24) is 14.0 Å². The molecule has 4 atom stereocenters. The van der Waals surface area contributed by atoms with Gasteiger partial charge < -0.3 is 28.6 Å². The molecule has 12 heteroatoms. The maximum Gasteiger partial charge on any atom is 0.333 e. The number of likely N-dealkylation sites (N-methyl/N-ethyl adjacent to an activating group) is 1. The molecule has 400 valence electrons. The fourth-order valence-corrected chi connectivity index (χ4v) is 8.87. The van der Waals surface area contributed by atoms with Gasteiger partial charge in [-0.15, -0.1) is 0 Å². The number of methoxy groups -OCH3 is 1. The van der Waals surface area contributed by atoms with E-state index in [4.69, 9.17) is 23.7 Å². The Hall–Kier alpha value is -3.58. The molecule has 0 spiro atoms. The molecule has 1 aliphatic rings. The summed E-state index contributed by atoms with van der Waals surface area (Å²) in [5.41, 5.74) is -1.35. The molecule has 12 nitrogen and oxygen atoms in total. The van der Waals surface area contributed by atoms with Crippen molar-refractivity contribution in [2.24, 2.45) is 0 Å². The van der Waals surface area contributed by atoms with E-state index in [1.165, 1.54) is 101 Å². The molecule has 2 heterocycles. The van der Waals surface area contributed by atoms with Crippen molar-refractivity contribution in [1.29, 1.82) is 0 Å². The molecule has 0 amide bonds. The van der Waals surface area contributed by atoms with E-state index in [0.29, 0.717) is 19.4 Å². The van der Waals surface area contributed by atoms with E-state index in [0.717, 1.165) is 94.5 Å². The Labute approximate surface area is 424 Å². The third-order valence-corrected chi connectivity index (χ3v) is 12.9. The minimum atomic E-state index is -1.01. The summed E-state index contributed by atoms with van der Waals surface area (Å²) in [7, 11) is 5.30. The molecule has 1 aliphatic heterocycles. The average molecular weight is 982 g/mol. The number of ether oxygens (including phenoxy) is 5. The molecule has 1 saturated heterocycles. The van der Waals surface area contributed by atoms with Gasteiger partial charge in [-0.2, -0.15) is 0 Å². The number of unbranched alkanes of at least 4 members (excludes halogenated alkanes) is 16. The van der Waals surface area contributed by atoms with E-state index in [1.54, 1.807) is 0 Å². The Balaban J connectivity index is 2.18. The smallest absolute Gasteiger partial charge is 0.333 e. The van der Waals surface area contributed by atoms with Crippen LogP contribution in [0.25, 0.3) is 0 Å². The lowest BCUT2D eigenvalue weighted by atomic mass is 10.0. The van der Waals surface area contributed by atoms with Crippen LogP contribution in [0, 0.1) is 0 Å². The van der Waals surface area contributed by atoms with Crippen LogP contribution in [0.4, 0.5) is 0 Å². The van der Waals surface area contributed by atoms with E-state index in [1.807, 2.05) is 19.0 Å². The van der Waals surface area contributed by atoms with Crippen molar-refractivity contribution in [3.63, 3.8) is 0 Å². The molecule has 0 N–H and O–H groups in total. The van der Waals surface area contributed by atoms with Crippen LogP contribution in [0.1, 0.15) is 214 Å². The first kappa shape index (κ1) is 62.5. The summed E-state index contributed by atoms with van der Waals surface area (Å²) in [5.74, 6) is -1.10. The molecule has 2 rings (SSSR count). The number of hydrogen-bond donors (Lipinski definition) is 0. The van der Waals surface area contributed by atoms with E-state index in [2.05, 4.69) is 76.3 Å². The van der Waals surface area contributed by atoms with Gasteiger partial charge in [0.25, 0.3) is 5.56 Å². The first-order valence-electron chi connectivity index (χ1n) is 27.8. The summed E-state index contributed by atoms with van der Waals surface area (Å²) in [4.78, 5) is 56.5. The molecule has 0 aromatic carbocycles. The van der Waals surface area contributed by atoms with Crippen LogP contribution in [0.2, 0.25) is 0 Å². The minimum absolute atomic E-state index is 0.229. The first-order chi connectivity index (χ1) is 34.1. The third kappa shape index (κ3) is 27.9. The molecule has 0 unspecified atom stereocenters. The van der Waals surface area contributed by atoms with Crippen LogP contribution in [-0.4, -0.2) is 90.8 Å². The van der Waals surface area contributed by atoms with Gasteiger partial charge >= 0.3 is 17.6 Å². The van der Waals surface area contributed by atoms with Crippen LogP contribution in [-0.2, 0) is 39.8 Å². The largest absolute Gasteiger partial charge is 0.461 e. The van der Waals surface area contributed by atoms with Crippen molar-refractivity contribution in [2.75, 3.05) is 34.4 Å². The molecule has 0 radical (unpaired) electrons. The van der Waals surface area contributed by atoms with Crippen molar-refractivity contribution >= 4 is 11.9 Å². The Morgan fingerprint density at radius 2 is 1.00 bits per heavy atom. The maximum absolute atomic E-state index is 14.2. The lowest BCUT2D eigenvalue weighted by molar-refractivity contribution is -0.160. The van der Waals surface area contributed by atoms with Crippen LogP contribution >= 0.6 is 0 Å². The van der Waals surface area contributed by atoms with Gasteiger partial charge in [0, 0.05) is 25.9 Å². The molecule has 1 fully saturated rings. The van der Waals surface area contributed by atoms with E-state index < -0.39 is 54.3 Å². The Morgan fingerprint density at radius 3 is 1.39 bits per heavy atom. The number of hydrogen-bond acceptors (Lipinski definition) is 10. The molecule has 1 aromatic rings. The van der Waals surface area contributed by atoms with Gasteiger partial charge in [-0.1, -0.05) is 128 Å². The Kier molecular flexibility index (Phi) is 36.6. The maximum atomic E-state index is 14.2. The van der Waals surface area contributed by atoms with E-state index in [-0.39, 0.29) is 18.8 Å². The van der Waals surface area contributed by atoms with Crippen LogP contribution in [0.3, 0.4) is 0 Å². The van der Waals surface area contributed by atoms with Gasteiger partial charge in [0.1, 0.15) is 43.7 Å². The summed E-state index contributed by atoms with van der Waals surface area (Å²) in [6.07, 6.45) is 44.7. The zero-order valence-electron chi connectivity index (χ0n) is 45.2. The quantitative estimate of drug-likeness (QED) is 0.0354. The third-order valence-electron chi connectivity index (χ3n) is 12.9. The zero-order chi connectivity index (χ0) is 51.0. The second-order valence-corrected chi connectivity index (χ2v) is 19.5. The summed E-state index contributed by atoms with van der Waals surface area (Å²) in [6.45, 7) is 8.39. The normalized spacial score (nSPS) is 17.6. The average Bonchev–Trinajstić information content (AvgIpc) is 3.68. The lowest BCUT2D eigenvalue weighted by Gasteiger charge is -2.25. The van der Waals surface area contributed by atoms with E-state index >= 15 is 0 Å². The monoisotopic (exact) mass is 982 g/mol. The molecular formula is C58H99N3O9. The number of carbonyl (C=O) groups is 2. The highest BCUT2D eigenvalue weighted by molar-refractivity contribution is 5.71. The topological polar surface area (TPSA) is 128 Å². The fraction of sp³-hybridized carbons (Fsp3) is 0.759. The molecule has 0 aliphatic carbocycles. The van der Waals surface area contributed by atoms with Crippen LogP contribution in [0.5, 0.6) is 0 Å². The van der Waals surface area contributed by atoms with Crippen molar-refractivity contribution in [2.45, 2.75) is 251 Å². The van der Waals surface area contributed by atoms with Crippen molar-refractivity contribution in [3.8, 4) is 0 Å². The van der Waals surface area contributed by atoms with Crippen LogP contribution < -0.4 is 11.2 Å². The molecular weight excluding hydrogens is 883 g/mol. The highest BCUT2D eigenvalue weighted by Crippen LogP contribution is 2.33. The molecule has 1 aromatic heterocycles. The van der Waals surface area contributed by atoms with Gasteiger partial charge in [0.15, 0.2) is 6.23 Å². The number of carbonyl (C=O) groups excluding carboxylic acids is 2. The molecule has 70 heavy (non-hydrogen) atoms. The van der Waals surface area contributed by atoms with Crippen molar-refractivity contribution in [3.05, 3.63) is 81.7 Å². The van der Waals surface area contributed by atoms with Crippen LogP contribution in [0.15, 0.2) is 70.5 Å². The number of nitrogens with zero attached hydrogens (tertiary/aromatic N) is 3. The number of rotatable bonds is 43. The number of allylic oxidation sites excluding steroid dienone is 8. The van der Waals surface area contributed by atoms with Gasteiger partial charge in [-0.3, -0.25) is 14.2 Å². The van der Waals surface area contributed by atoms with Gasteiger partial charge in [-0.05, 0) is 143 Å². The summed E-state index contributed by atoms with van der Waals surface area (Å²) in [5, 5.41) is 0. The second kappa shape index (κ2) is 41.0. The summed E-state index contributed by atoms with van der Waals surface area (Å²) >= 11 is 0. The standard InChI is InChI=1S/C58H99N3O9/c1-8-12-16-20-24-28-32-36-40-49(41-37-33-29-25-21-17-13-9-2)68-53(63)47-61-52(62)44-45-60(58(61)65)57-56(66-7)55(51(70-57)46-59(5)6)67-48-54(64)69-50(42-38-34-30-26-22-18-14-10-3)43-39-35-31-27-23-19-15-11-4/h24-31,44-45,49-51,55-57H,8-23,32-43,46-48H2,1-7H3/b28-24-,29-25-,30-26-,31-27-/t51-,55-,56-,57-/m1/s1. The van der Waals surface area contributed by atoms with Crippen molar-refractivity contribution < 1.29 is 33.3 Å². The van der Waals surface area contributed by atoms with Gasteiger partial charge in [0.05, 0.1) is 0 Å². The molecule has 0 saturated carbocycles. The highest BCUT2D eigenvalue weighted by atomic mass is 16.6. The molecule has 0 bridgehead atoms. The predicted octanol–water partition coefficient (Wildman–Crippen LogP) is 12.9. The minimum Gasteiger partial charge on any atom is -0.461 e.